The molecule has 2 rings (SSSR count). The Morgan fingerprint density at radius 3 is 2.88 bits per heavy atom. The molecule has 0 bridgehead atoms. The van der Waals surface area contributed by atoms with E-state index in [9.17, 15) is 0 Å². The van der Waals surface area contributed by atoms with Crippen LogP contribution in [0.4, 0.5) is 5.95 Å². The Labute approximate surface area is 94.7 Å². The molecule has 1 aromatic carbocycles. The molecule has 0 aliphatic heterocycles. The number of rotatable bonds is 3. The first-order valence-corrected chi connectivity index (χ1v) is 5.23. The summed E-state index contributed by atoms with van der Waals surface area (Å²) in [6.45, 7) is 0.702. The molecule has 4 nitrogen and oxygen atoms in total. The van der Waals surface area contributed by atoms with Gasteiger partial charge in [0.1, 0.15) is 0 Å². The van der Waals surface area contributed by atoms with Crippen LogP contribution in [0.1, 0.15) is 6.42 Å². The first-order valence-electron chi connectivity index (χ1n) is 5.23. The Hall–Kier alpha value is -2.02. The van der Waals surface area contributed by atoms with Crippen molar-refractivity contribution in [1.82, 2.24) is 9.55 Å². The Morgan fingerprint density at radius 1 is 1.44 bits per heavy atom. The molecule has 0 unspecified atom stereocenters. The highest BCUT2D eigenvalue weighted by atomic mass is 15.3. The fourth-order valence-electron chi connectivity index (χ4n) is 1.79. The van der Waals surface area contributed by atoms with E-state index in [4.69, 9.17) is 5.26 Å². The van der Waals surface area contributed by atoms with Crippen molar-refractivity contribution >= 4 is 17.0 Å². The average molecular weight is 214 g/mol. The highest BCUT2D eigenvalue weighted by Gasteiger charge is 2.10. The lowest BCUT2D eigenvalue weighted by Crippen LogP contribution is -2.21. The van der Waals surface area contributed by atoms with E-state index in [1.165, 1.54) is 0 Å². The molecule has 0 aliphatic rings. The van der Waals surface area contributed by atoms with Gasteiger partial charge in [0.05, 0.1) is 23.5 Å². The Morgan fingerprint density at radius 2 is 2.19 bits per heavy atom. The predicted molar refractivity (Wildman–Crippen MR) is 64.2 cm³/mol. The third kappa shape index (κ3) is 1.72. The minimum atomic E-state index is 0.514. The van der Waals surface area contributed by atoms with E-state index in [1.54, 1.807) is 0 Å². The third-order valence-corrected chi connectivity index (χ3v) is 2.66. The average Bonchev–Trinajstić information content (AvgIpc) is 2.64. The Balaban J connectivity index is 2.38. The minimum absolute atomic E-state index is 0.514. The van der Waals surface area contributed by atoms with Crippen molar-refractivity contribution in [3.05, 3.63) is 24.3 Å². The highest BCUT2D eigenvalue weighted by molar-refractivity contribution is 5.78. The molecule has 0 amide bonds. The summed E-state index contributed by atoms with van der Waals surface area (Å²) < 4.78 is 2.05. The summed E-state index contributed by atoms with van der Waals surface area (Å²) in [5, 5.41) is 8.57. The molecule has 0 radical (unpaired) electrons. The molecule has 82 valence electrons. The number of anilines is 1. The van der Waals surface area contributed by atoms with E-state index in [1.807, 2.05) is 47.8 Å². The lowest BCUT2D eigenvalue weighted by atomic mass is 10.3. The molecule has 0 spiro atoms. The van der Waals surface area contributed by atoms with Crippen molar-refractivity contribution in [2.24, 2.45) is 7.05 Å². The molecular weight excluding hydrogens is 200 g/mol. The van der Waals surface area contributed by atoms with Gasteiger partial charge >= 0.3 is 0 Å². The van der Waals surface area contributed by atoms with Crippen LogP contribution in [0.3, 0.4) is 0 Å². The number of benzene rings is 1. The van der Waals surface area contributed by atoms with Crippen LogP contribution in [0.2, 0.25) is 0 Å². The molecule has 0 atom stereocenters. The van der Waals surface area contributed by atoms with Gasteiger partial charge in [0.2, 0.25) is 5.95 Å². The second-order valence-corrected chi connectivity index (χ2v) is 3.79. The molecule has 16 heavy (non-hydrogen) atoms. The Bertz CT molecular complexity index is 535. The minimum Gasteiger partial charge on any atom is -0.344 e. The van der Waals surface area contributed by atoms with E-state index >= 15 is 0 Å². The van der Waals surface area contributed by atoms with E-state index in [-0.39, 0.29) is 0 Å². The van der Waals surface area contributed by atoms with E-state index < -0.39 is 0 Å². The van der Waals surface area contributed by atoms with E-state index in [2.05, 4.69) is 11.1 Å². The molecule has 4 heteroatoms. The second-order valence-electron chi connectivity index (χ2n) is 3.79. The normalized spacial score (nSPS) is 10.3. The summed E-state index contributed by atoms with van der Waals surface area (Å²) >= 11 is 0. The number of aromatic nitrogens is 2. The zero-order valence-corrected chi connectivity index (χ0v) is 9.51. The van der Waals surface area contributed by atoms with Crippen molar-refractivity contribution in [2.75, 3.05) is 18.5 Å². The quantitative estimate of drug-likeness (QED) is 0.784. The largest absolute Gasteiger partial charge is 0.344 e. The number of fused-ring (bicyclic) bond motifs is 1. The van der Waals surface area contributed by atoms with Gasteiger partial charge in [0.25, 0.3) is 0 Å². The van der Waals surface area contributed by atoms with E-state index in [0.717, 1.165) is 17.0 Å². The van der Waals surface area contributed by atoms with Crippen LogP contribution in [-0.2, 0) is 7.05 Å². The van der Waals surface area contributed by atoms with Gasteiger partial charge in [-0.05, 0) is 12.1 Å². The Kier molecular flexibility index (Phi) is 2.78. The first-order chi connectivity index (χ1) is 7.74. The van der Waals surface area contributed by atoms with Gasteiger partial charge in [-0.15, -0.1) is 0 Å². The summed E-state index contributed by atoms with van der Waals surface area (Å²) in [5.41, 5.74) is 2.10. The summed E-state index contributed by atoms with van der Waals surface area (Å²) in [6.07, 6.45) is 0.514. The van der Waals surface area contributed by atoms with Crippen molar-refractivity contribution in [3.8, 4) is 6.07 Å². The fraction of sp³-hybridized carbons (Fsp3) is 0.333. The standard InChI is InChI=1S/C12H14N4/c1-15(9-5-8-13)12-14-10-6-3-4-7-11(10)16(12)2/h3-4,6-7H,5,9H2,1-2H3. The van der Waals surface area contributed by atoms with Crippen molar-refractivity contribution in [1.29, 1.82) is 5.26 Å². The van der Waals surface area contributed by atoms with Gasteiger partial charge < -0.3 is 9.47 Å². The van der Waals surface area contributed by atoms with Crippen LogP contribution in [0, 0.1) is 11.3 Å². The topological polar surface area (TPSA) is 44.9 Å². The van der Waals surface area contributed by atoms with Crippen LogP contribution in [-0.4, -0.2) is 23.1 Å². The van der Waals surface area contributed by atoms with Gasteiger partial charge in [-0.25, -0.2) is 4.98 Å². The lowest BCUT2D eigenvalue weighted by Gasteiger charge is -2.16. The summed E-state index contributed by atoms with van der Waals surface area (Å²) in [4.78, 5) is 6.55. The van der Waals surface area contributed by atoms with Gasteiger partial charge in [0, 0.05) is 20.6 Å². The number of nitriles is 1. The predicted octanol–water partition coefficient (Wildman–Crippen LogP) is 1.92. The highest BCUT2D eigenvalue weighted by Crippen LogP contribution is 2.19. The molecule has 0 fully saturated rings. The molecule has 0 N–H and O–H groups in total. The molecule has 1 aromatic heterocycles. The number of imidazole rings is 1. The van der Waals surface area contributed by atoms with E-state index in [0.29, 0.717) is 13.0 Å². The third-order valence-electron chi connectivity index (χ3n) is 2.66. The molecule has 0 saturated carbocycles. The van der Waals surface area contributed by atoms with Crippen LogP contribution < -0.4 is 4.90 Å². The number of aryl methyl sites for hydroxylation is 1. The SMILES string of the molecule is CN(CCC#N)c1nc2ccccc2n1C. The van der Waals surface area contributed by atoms with Crippen LogP contribution >= 0.6 is 0 Å². The van der Waals surface area contributed by atoms with Crippen molar-refractivity contribution in [3.63, 3.8) is 0 Å². The van der Waals surface area contributed by atoms with Crippen LogP contribution in [0.25, 0.3) is 11.0 Å². The zero-order chi connectivity index (χ0) is 11.5. The molecule has 0 saturated heterocycles. The van der Waals surface area contributed by atoms with Crippen molar-refractivity contribution in [2.45, 2.75) is 6.42 Å². The summed E-state index contributed by atoms with van der Waals surface area (Å²) in [5.74, 6) is 0.899. The monoisotopic (exact) mass is 214 g/mol. The fourth-order valence-corrected chi connectivity index (χ4v) is 1.79. The number of hydrogen-bond acceptors (Lipinski definition) is 3. The van der Waals surface area contributed by atoms with Gasteiger partial charge in [0.15, 0.2) is 0 Å². The van der Waals surface area contributed by atoms with Gasteiger partial charge in [-0.1, -0.05) is 12.1 Å². The molecular formula is C12H14N4. The van der Waals surface area contributed by atoms with Gasteiger partial charge in [-0.3, -0.25) is 0 Å². The summed E-state index contributed by atoms with van der Waals surface area (Å²) in [6, 6.07) is 10.2. The molecule has 2 aromatic rings. The number of hydrogen-bond donors (Lipinski definition) is 0. The number of nitrogens with zero attached hydrogens (tertiary/aromatic N) is 4. The zero-order valence-electron chi connectivity index (χ0n) is 9.51. The second kappa shape index (κ2) is 4.23. The number of para-hydroxylation sites is 2. The van der Waals surface area contributed by atoms with Gasteiger partial charge in [-0.2, -0.15) is 5.26 Å². The smallest absolute Gasteiger partial charge is 0.206 e. The maximum atomic E-state index is 8.57. The first kappa shape index (κ1) is 10.5. The maximum Gasteiger partial charge on any atom is 0.206 e. The van der Waals surface area contributed by atoms with Crippen molar-refractivity contribution < 1.29 is 0 Å². The maximum absolute atomic E-state index is 8.57. The summed E-state index contributed by atoms with van der Waals surface area (Å²) in [7, 11) is 3.95. The molecule has 0 aliphatic carbocycles. The van der Waals surface area contributed by atoms with Crippen LogP contribution in [0.5, 0.6) is 0 Å². The lowest BCUT2D eigenvalue weighted by molar-refractivity contribution is 0.816. The molecule has 1 heterocycles. The van der Waals surface area contributed by atoms with Crippen LogP contribution in [0.15, 0.2) is 24.3 Å².